The van der Waals surface area contributed by atoms with Gasteiger partial charge in [-0.25, -0.2) is 4.39 Å². The number of halogens is 2. The molecule has 0 amide bonds. The Morgan fingerprint density at radius 1 is 1.09 bits per heavy atom. The maximum Gasteiger partial charge on any atom is 0.237 e. The molecule has 1 aliphatic heterocycles. The van der Waals surface area contributed by atoms with Gasteiger partial charge in [0.1, 0.15) is 5.82 Å². The van der Waals surface area contributed by atoms with E-state index >= 15 is 0 Å². The Bertz CT molecular complexity index is 1250. The Balaban J connectivity index is 1.40. The minimum atomic E-state index is -0.281. The predicted octanol–water partition coefficient (Wildman–Crippen LogP) is 5.95. The average Bonchev–Trinajstić information content (AvgIpc) is 3.51. The maximum absolute atomic E-state index is 13.6. The normalized spacial score (nSPS) is 15.5. The first-order valence-electron chi connectivity index (χ1n) is 11.2. The summed E-state index contributed by atoms with van der Waals surface area (Å²) in [6.07, 6.45) is 3.63. The summed E-state index contributed by atoms with van der Waals surface area (Å²) in [7, 11) is 0. The van der Waals surface area contributed by atoms with E-state index in [0.29, 0.717) is 27.6 Å². The summed E-state index contributed by atoms with van der Waals surface area (Å²) in [6, 6.07) is 13.8. The van der Waals surface area contributed by atoms with Gasteiger partial charge >= 0.3 is 0 Å². The van der Waals surface area contributed by atoms with Crippen molar-refractivity contribution in [2.24, 2.45) is 0 Å². The highest BCUT2D eigenvalue weighted by Gasteiger charge is 2.26. The van der Waals surface area contributed by atoms with Crippen LogP contribution in [0.15, 0.2) is 58.2 Å². The van der Waals surface area contributed by atoms with Gasteiger partial charge in [-0.3, -0.25) is 9.47 Å². The zero-order valence-electron chi connectivity index (χ0n) is 18.7. The van der Waals surface area contributed by atoms with E-state index in [9.17, 15) is 4.39 Å². The number of hydrogen-bond acceptors (Lipinski definition) is 7. The first-order chi connectivity index (χ1) is 16.6. The van der Waals surface area contributed by atoms with Crippen molar-refractivity contribution in [1.82, 2.24) is 29.8 Å². The van der Waals surface area contributed by atoms with Crippen molar-refractivity contribution >= 4 is 23.4 Å². The number of thioether (sulfide) groups is 1. The summed E-state index contributed by atoms with van der Waals surface area (Å²) >= 11 is 7.53. The van der Waals surface area contributed by atoms with Crippen LogP contribution in [0.1, 0.15) is 43.9 Å². The summed E-state index contributed by atoms with van der Waals surface area (Å²) in [5.41, 5.74) is 1.61. The van der Waals surface area contributed by atoms with Crippen LogP contribution >= 0.6 is 23.4 Å². The minimum absolute atomic E-state index is 0.0880. The Morgan fingerprint density at radius 2 is 1.88 bits per heavy atom. The second-order valence-corrected chi connectivity index (χ2v) is 9.61. The van der Waals surface area contributed by atoms with Crippen LogP contribution in [-0.4, -0.2) is 42.9 Å². The Hall–Kier alpha value is -2.75. The van der Waals surface area contributed by atoms with Crippen LogP contribution in [0.3, 0.4) is 0 Å². The summed E-state index contributed by atoms with van der Waals surface area (Å²) in [4.78, 5) is 6.92. The average molecular weight is 499 g/mol. The van der Waals surface area contributed by atoms with Crippen LogP contribution in [-0.2, 0) is 5.75 Å². The number of likely N-dealkylation sites (tertiary alicyclic amines) is 1. The molecule has 3 heterocycles. The van der Waals surface area contributed by atoms with E-state index in [1.54, 1.807) is 24.3 Å². The van der Waals surface area contributed by atoms with Crippen molar-refractivity contribution in [3.8, 4) is 17.1 Å². The zero-order chi connectivity index (χ0) is 23.5. The highest BCUT2D eigenvalue weighted by Crippen LogP contribution is 2.31. The highest BCUT2D eigenvalue weighted by molar-refractivity contribution is 7.98. The van der Waals surface area contributed by atoms with E-state index in [-0.39, 0.29) is 11.9 Å². The molecule has 7 nitrogen and oxygen atoms in total. The van der Waals surface area contributed by atoms with E-state index in [1.165, 1.54) is 43.2 Å². The topological polar surface area (TPSA) is 72.9 Å². The van der Waals surface area contributed by atoms with Crippen LogP contribution in [0.4, 0.5) is 4.39 Å². The number of benzene rings is 2. The lowest BCUT2D eigenvalue weighted by molar-refractivity contribution is 0.167. The smallest absolute Gasteiger partial charge is 0.237 e. The lowest BCUT2D eigenvalue weighted by Crippen LogP contribution is -2.33. The molecule has 1 saturated heterocycles. The van der Waals surface area contributed by atoms with Gasteiger partial charge in [0.2, 0.25) is 11.7 Å². The number of rotatable bonds is 7. The molecule has 0 radical (unpaired) electrons. The monoisotopic (exact) mass is 498 g/mol. The molecule has 4 aromatic rings. The van der Waals surface area contributed by atoms with Crippen LogP contribution in [0.5, 0.6) is 0 Å². The molecule has 1 atom stereocenters. The van der Waals surface area contributed by atoms with E-state index < -0.39 is 0 Å². The SMILES string of the molecule is C[C@H](c1nnc(SCc2nc(-c3cccc(Cl)c3)no2)n1-c1ccc(F)cc1)N1CCCCC1. The van der Waals surface area contributed by atoms with Crippen molar-refractivity contribution in [3.05, 3.63) is 71.1 Å². The summed E-state index contributed by atoms with van der Waals surface area (Å²) in [5.74, 6) is 1.93. The van der Waals surface area contributed by atoms with Crippen molar-refractivity contribution in [2.45, 2.75) is 43.1 Å². The van der Waals surface area contributed by atoms with Gasteiger partial charge in [-0.15, -0.1) is 10.2 Å². The van der Waals surface area contributed by atoms with Gasteiger partial charge in [0.15, 0.2) is 11.0 Å². The Kier molecular flexibility index (Phi) is 6.94. The van der Waals surface area contributed by atoms with Gasteiger partial charge in [0, 0.05) is 16.3 Å². The third-order valence-corrected chi connectivity index (χ3v) is 7.08. The molecule has 0 spiro atoms. The van der Waals surface area contributed by atoms with E-state index in [1.807, 2.05) is 16.7 Å². The molecular formula is C24H24ClFN6OS. The van der Waals surface area contributed by atoms with E-state index in [2.05, 4.69) is 32.2 Å². The number of piperidine rings is 1. The van der Waals surface area contributed by atoms with Gasteiger partial charge in [0.05, 0.1) is 11.8 Å². The fraction of sp³-hybridized carbons (Fsp3) is 0.333. The molecule has 176 valence electrons. The van der Waals surface area contributed by atoms with Crippen molar-refractivity contribution in [3.63, 3.8) is 0 Å². The third-order valence-electron chi connectivity index (χ3n) is 5.93. The molecular weight excluding hydrogens is 475 g/mol. The molecule has 34 heavy (non-hydrogen) atoms. The van der Waals surface area contributed by atoms with Crippen LogP contribution in [0.2, 0.25) is 5.02 Å². The minimum Gasteiger partial charge on any atom is -0.338 e. The molecule has 5 rings (SSSR count). The Labute approximate surface area is 206 Å². The summed E-state index contributed by atoms with van der Waals surface area (Å²) in [6.45, 7) is 4.22. The zero-order valence-corrected chi connectivity index (χ0v) is 20.3. The van der Waals surface area contributed by atoms with Crippen LogP contribution < -0.4 is 0 Å². The lowest BCUT2D eigenvalue weighted by Gasteiger charge is -2.31. The third kappa shape index (κ3) is 5.01. The maximum atomic E-state index is 13.6. The Morgan fingerprint density at radius 3 is 2.65 bits per heavy atom. The molecule has 0 unspecified atom stereocenters. The van der Waals surface area contributed by atoms with Crippen LogP contribution in [0, 0.1) is 5.82 Å². The molecule has 2 aromatic carbocycles. The number of hydrogen-bond donors (Lipinski definition) is 0. The van der Waals surface area contributed by atoms with Gasteiger partial charge in [-0.05, 0) is 69.3 Å². The van der Waals surface area contributed by atoms with E-state index in [0.717, 1.165) is 30.2 Å². The standard InChI is InChI=1S/C24H24ClFN6OS/c1-16(31-12-3-2-4-13-31)23-28-29-24(32(23)20-10-8-19(26)9-11-20)34-15-21-27-22(30-33-21)17-6-5-7-18(25)14-17/h5-11,14,16H,2-4,12-13,15H2,1H3/t16-/m1/s1. The molecule has 1 fully saturated rings. The molecule has 0 saturated carbocycles. The molecule has 0 bridgehead atoms. The van der Waals surface area contributed by atoms with E-state index in [4.69, 9.17) is 16.1 Å². The van der Waals surface area contributed by atoms with Crippen molar-refractivity contribution in [1.29, 1.82) is 0 Å². The second kappa shape index (κ2) is 10.2. The van der Waals surface area contributed by atoms with Gasteiger partial charge in [0.25, 0.3) is 0 Å². The molecule has 10 heteroatoms. The molecule has 2 aromatic heterocycles. The van der Waals surface area contributed by atoms with Gasteiger partial charge < -0.3 is 4.52 Å². The number of nitrogens with zero attached hydrogens (tertiary/aromatic N) is 6. The quantitative estimate of drug-likeness (QED) is 0.291. The first-order valence-corrected chi connectivity index (χ1v) is 12.6. The summed E-state index contributed by atoms with van der Waals surface area (Å²) in [5, 5.41) is 14.4. The van der Waals surface area contributed by atoms with Gasteiger partial charge in [-0.2, -0.15) is 4.98 Å². The number of aromatic nitrogens is 5. The van der Waals surface area contributed by atoms with Crippen molar-refractivity contribution in [2.75, 3.05) is 13.1 Å². The highest BCUT2D eigenvalue weighted by atomic mass is 35.5. The molecule has 0 aliphatic carbocycles. The molecule has 0 N–H and O–H groups in total. The fourth-order valence-corrected chi connectivity index (χ4v) is 5.12. The fourth-order valence-electron chi connectivity index (χ4n) is 4.13. The molecule has 1 aliphatic rings. The van der Waals surface area contributed by atoms with Gasteiger partial charge in [-0.1, -0.05) is 47.1 Å². The lowest BCUT2D eigenvalue weighted by atomic mass is 10.1. The predicted molar refractivity (Wildman–Crippen MR) is 129 cm³/mol. The van der Waals surface area contributed by atoms with Crippen LogP contribution in [0.25, 0.3) is 17.1 Å². The second-order valence-electron chi connectivity index (χ2n) is 8.24. The largest absolute Gasteiger partial charge is 0.338 e. The van der Waals surface area contributed by atoms with Crippen molar-refractivity contribution < 1.29 is 8.91 Å². The first kappa shape index (κ1) is 23.0. The summed E-state index contributed by atoms with van der Waals surface area (Å²) < 4.78 is 21.1.